The monoisotopic (exact) mass is 327 g/mol. The molecule has 0 saturated heterocycles. The number of hydrogen-bond donors (Lipinski definition) is 3. The molecule has 0 saturated carbocycles. The zero-order valence-electron chi connectivity index (χ0n) is 13.6. The summed E-state index contributed by atoms with van der Waals surface area (Å²) in [4.78, 5) is 24.3. The van der Waals surface area contributed by atoms with E-state index in [4.69, 9.17) is 0 Å². The predicted molar refractivity (Wildman–Crippen MR) is 84.0 cm³/mol. The Morgan fingerprint density at radius 3 is 2.26 bits per heavy atom. The molecule has 1 atom stereocenters. The van der Waals surface area contributed by atoms with E-state index in [-0.39, 0.29) is 11.8 Å². The van der Waals surface area contributed by atoms with Crippen molar-refractivity contribution in [3.8, 4) is 0 Å². The highest BCUT2D eigenvalue weighted by atomic mass is 19.1. The van der Waals surface area contributed by atoms with Crippen LogP contribution in [0.2, 0.25) is 0 Å². The molecule has 3 N–H and O–H groups in total. The summed E-state index contributed by atoms with van der Waals surface area (Å²) < 4.78 is 27.3. The molecule has 0 heterocycles. The summed E-state index contributed by atoms with van der Waals surface area (Å²) >= 11 is 0. The Morgan fingerprint density at radius 1 is 1.13 bits per heavy atom. The van der Waals surface area contributed by atoms with Crippen LogP contribution in [0.15, 0.2) is 18.2 Å². The molecule has 128 valence electrons. The molecule has 0 radical (unpaired) electrons. The quantitative estimate of drug-likeness (QED) is 0.633. The number of benzene rings is 1. The highest BCUT2D eigenvalue weighted by molar-refractivity contribution is 5.98. The molecule has 1 aromatic carbocycles. The molecule has 0 aliphatic carbocycles. The van der Waals surface area contributed by atoms with Gasteiger partial charge in [-0.3, -0.25) is 9.59 Å². The second-order valence-corrected chi connectivity index (χ2v) is 5.54. The number of nitrogens with one attached hydrogen (secondary N) is 3. The van der Waals surface area contributed by atoms with Crippen LogP contribution in [0.5, 0.6) is 0 Å². The van der Waals surface area contributed by atoms with Crippen molar-refractivity contribution in [2.75, 3.05) is 20.1 Å². The molecule has 0 spiro atoms. The molecular formula is C16H23F2N3O2. The van der Waals surface area contributed by atoms with Gasteiger partial charge < -0.3 is 16.0 Å². The molecule has 5 nitrogen and oxygen atoms in total. The summed E-state index contributed by atoms with van der Waals surface area (Å²) in [6.45, 7) is 4.69. The van der Waals surface area contributed by atoms with Crippen LogP contribution in [-0.4, -0.2) is 38.0 Å². The minimum atomic E-state index is -0.959. The molecule has 7 heteroatoms. The van der Waals surface area contributed by atoms with Crippen molar-refractivity contribution in [2.24, 2.45) is 5.92 Å². The van der Waals surface area contributed by atoms with Crippen LogP contribution in [0.25, 0.3) is 0 Å². The normalized spacial score (nSPS) is 12.1. The maximum absolute atomic E-state index is 13.6. The zero-order chi connectivity index (χ0) is 17.4. The standard InChI is InChI=1S/C16H23F2N3O2/c1-10(2)14(16(23)20-9-5-8-19-3)21-15(22)13-11(17)6-4-7-12(13)18/h4,6-7,10,14,19H,5,8-9H2,1-3H3,(H,20,23)(H,21,22). The molecule has 0 aromatic heterocycles. The third-order valence-corrected chi connectivity index (χ3v) is 3.33. The van der Waals surface area contributed by atoms with Gasteiger partial charge in [-0.2, -0.15) is 0 Å². The number of hydrogen-bond acceptors (Lipinski definition) is 3. The largest absolute Gasteiger partial charge is 0.354 e. The summed E-state index contributed by atoms with van der Waals surface area (Å²) in [7, 11) is 1.81. The minimum Gasteiger partial charge on any atom is -0.354 e. The summed E-state index contributed by atoms with van der Waals surface area (Å²) in [5.74, 6) is -3.46. The summed E-state index contributed by atoms with van der Waals surface area (Å²) in [5.41, 5.74) is -0.680. The van der Waals surface area contributed by atoms with E-state index in [0.717, 1.165) is 25.1 Å². The van der Waals surface area contributed by atoms with Crippen molar-refractivity contribution in [3.63, 3.8) is 0 Å². The third-order valence-electron chi connectivity index (χ3n) is 3.33. The molecule has 23 heavy (non-hydrogen) atoms. The first-order valence-corrected chi connectivity index (χ1v) is 7.55. The van der Waals surface area contributed by atoms with Crippen LogP contribution in [0.4, 0.5) is 8.78 Å². The summed E-state index contributed by atoms with van der Waals surface area (Å²) in [6, 6.07) is 2.31. The lowest BCUT2D eigenvalue weighted by Crippen LogP contribution is -2.50. The van der Waals surface area contributed by atoms with E-state index in [1.54, 1.807) is 13.8 Å². The molecule has 2 amide bonds. The topological polar surface area (TPSA) is 70.2 Å². The van der Waals surface area contributed by atoms with E-state index in [0.29, 0.717) is 6.54 Å². The van der Waals surface area contributed by atoms with Gasteiger partial charge >= 0.3 is 0 Å². The fourth-order valence-corrected chi connectivity index (χ4v) is 2.05. The third kappa shape index (κ3) is 5.59. The highest BCUT2D eigenvalue weighted by Gasteiger charge is 2.26. The molecule has 1 aromatic rings. The van der Waals surface area contributed by atoms with Gasteiger partial charge in [0.15, 0.2) is 0 Å². The summed E-state index contributed by atoms with van der Waals surface area (Å²) in [5, 5.41) is 8.07. The molecule has 1 rings (SSSR count). The second kappa shape index (κ2) is 9.19. The molecule has 1 unspecified atom stereocenters. The molecule has 0 aliphatic rings. The van der Waals surface area contributed by atoms with Gasteiger partial charge in [-0.1, -0.05) is 19.9 Å². The minimum absolute atomic E-state index is 0.224. The second-order valence-electron chi connectivity index (χ2n) is 5.54. The number of halogens is 2. The van der Waals surface area contributed by atoms with Gasteiger partial charge in [-0.05, 0) is 38.1 Å². The van der Waals surface area contributed by atoms with Gasteiger partial charge in [-0.15, -0.1) is 0 Å². The van der Waals surface area contributed by atoms with E-state index < -0.39 is 29.1 Å². The number of carbonyl (C=O) groups is 2. The maximum atomic E-state index is 13.6. The van der Waals surface area contributed by atoms with E-state index >= 15 is 0 Å². The highest BCUT2D eigenvalue weighted by Crippen LogP contribution is 2.13. The Hall–Kier alpha value is -2.02. The fraction of sp³-hybridized carbons (Fsp3) is 0.500. The van der Waals surface area contributed by atoms with Crippen molar-refractivity contribution in [1.82, 2.24) is 16.0 Å². The average molecular weight is 327 g/mol. The van der Waals surface area contributed by atoms with E-state index in [1.807, 2.05) is 7.05 Å². The lowest BCUT2D eigenvalue weighted by Gasteiger charge is -2.22. The molecule has 0 bridgehead atoms. The van der Waals surface area contributed by atoms with Crippen molar-refractivity contribution >= 4 is 11.8 Å². The zero-order valence-corrected chi connectivity index (χ0v) is 13.6. The average Bonchev–Trinajstić information content (AvgIpc) is 2.48. The lowest BCUT2D eigenvalue weighted by atomic mass is 10.0. The number of rotatable bonds is 8. The first-order valence-electron chi connectivity index (χ1n) is 7.55. The van der Waals surface area contributed by atoms with Gasteiger partial charge in [0, 0.05) is 6.54 Å². The summed E-state index contributed by atoms with van der Waals surface area (Å²) in [6.07, 6.45) is 0.739. The van der Waals surface area contributed by atoms with Crippen LogP contribution < -0.4 is 16.0 Å². The van der Waals surface area contributed by atoms with Crippen LogP contribution in [0.1, 0.15) is 30.6 Å². The van der Waals surface area contributed by atoms with Gasteiger partial charge in [-0.25, -0.2) is 8.78 Å². The Balaban J connectivity index is 2.76. The molecule has 0 fully saturated rings. The first-order chi connectivity index (χ1) is 10.9. The fourth-order valence-electron chi connectivity index (χ4n) is 2.05. The van der Waals surface area contributed by atoms with Crippen molar-refractivity contribution < 1.29 is 18.4 Å². The van der Waals surface area contributed by atoms with E-state index in [9.17, 15) is 18.4 Å². The Kier molecular flexibility index (Phi) is 7.61. The molecular weight excluding hydrogens is 304 g/mol. The maximum Gasteiger partial charge on any atom is 0.257 e. The lowest BCUT2D eigenvalue weighted by molar-refractivity contribution is -0.123. The van der Waals surface area contributed by atoms with Crippen LogP contribution in [0.3, 0.4) is 0 Å². The molecule has 0 aliphatic heterocycles. The van der Waals surface area contributed by atoms with E-state index in [1.165, 1.54) is 6.07 Å². The van der Waals surface area contributed by atoms with Crippen LogP contribution in [0, 0.1) is 17.6 Å². The Bertz CT molecular complexity index is 530. The van der Waals surface area contributed by atoms with Crippen LogP contribution in [-0.2, 0) is 4.79 Å². The first kappa shape index (κ1) is 19.0. The SMILES string of the molecule is CNCCCNC(=O)C(NC(=O)c1c(F)cccc1F)C(C)C. The van der Waals surface area contributed by atoms with Crippen molar-refractivity contribution in [3.05, 3.63) is 35.4 Å². The van der Waals surface area contributed by atoms with Gasteiger partial charge in [0.1, 0.15) is 23.2 Å². The van der Waals surface area contributed by atoms with Gasteiger partial charge in [0.25, 0.3) is 5.91 Å². The number of carbonyl (C=O) groups excluding carboxylic acids is 2. The van der Waals surface area contributed by atoms with Crippen LogP contribution >= 0.6 is 0 Å². The van der Waals surface area contributed by atoms with E-state index in [2.05, 4.69) is 16.0 Å². The smallest absolute Gasteiger partial charge is 0.257 e. The Labute approximate surface area is 134 Å². The van der Waals surface area contributed by atoms with Crippen molar-refractivity contribution in [1.29, 1.82) is 0 Å². The number of amides is 2. The van der Waals surface area contributed by atoms with Gasteiger partial charge in [0.2, 0.25) is 5.91 Å². The van der Waals surface area contributed by atoms with Crippen molar-refractivity contribution in [2.45, 2.75) is 26.3 Å². The predicted octanol–water partition coefficient (Wildman–Crippen LogP) is 1.44. The Morgan fingerprint density at radius 2 is 1.74 bits per heavy atom. The van der Waals surface area contributed by atoms with Gasteiger partial charge in [0.05, 0.1) is 0 Å².